The van der Waals surface area contributed by atoms with Crippen molar-refractivity contribution in [3.8, 4) is 0 Å². The van der Waals surface area contributed by atoms with E-state index in [0.29, 0.717) is 31.2 Å². The third kappa shape index (κ3) is 6.54. The van der Waals surface area contributed by atoms with Crippen LogP contribution in [0.2, 0.25) is 10.3 Å². The molecular formula is C25H28Cl2N4O4. The van der Waals surface area contributed by atoms with Gasteiger partial charge in [0.2, 0.25) is 0 Å². The Kier molecular flexibility index (Phi) is 8.64. The van der Waals surface area contributed by atoms with Gasteiger partial charge in [-0.1, -0.05) is 71.7 Å². The number of aromatic nitrogens is 2. The number of carbonyl (C=O) groups excluding carboxylic acids is 1. The van der Waals surface area contributed by atoms with Gasteiger partial charge in [-0.3, -0.25) is 0 Å². The van der Waals surface area contributed by atoms with Gasteiger partial charge in [0.1, 0.15) is 5.15 Å². The first-order valence-electron chi connectivity index (χ1n) is 11.4. The van der Waals surface area contributed by atoms with Crippen molar-refractivity contribution < 1.29 is 19.4 Å². The van der Waals surface area contributed by atoms with Crippen molar-refractivity contribution in [2.45, 2.75) is 51.5 Å². The number of carbonyl (C=O) groups is 1. The number of aliphatic hydroxyl groups is 1. The first-order chi connectivity index (χ1) is 17.0. The fraction of sp³-hybridized carbons (Fsp3) is 0.360. The molecule has 1 aromatic heterocycles. The summed E-state index contributed by atoms with van der Waals surface area (Å²) < 4.78 is 14.4. The second-order valence-corrected chi connectivity index (χ2v) is 9.00. The van der Waals surface area contributed by atoms with Crippen molar-refractivity contribution >= 4 is 29.2 Å². The first-order valence-corrected chi connectivity index (χ1v) is 12.2. The van der Waals surface area contributed by atoms with Crippen molar-refractivity contribution in [2.24, 2.45) is 0 Å². The first kappa shape index (κ1) is 25.5. The number of hydrogen-bond acceptors (Lipinski definition) is 5. The molecule has 1 fully saturated rings. The van der Waals surface area contributed by atoms with Gasteiger partial charge in [0.15, 0.2) is 11.4 Å². The zero-order chi connectivity index (χ0) is 24.8. The largest absolute Gasteiger partial charge is 0.392 e. The second-order valence-electron chi connectivity index (χ2n) is 8.28. The van der Waals surface area contributed by atoms with Crippen molar-refractivity contribution in [1.82, 2.24) is 20.2 Å². The van der Waals surface area contributed by atoms with E-state index in [2.05, 4.69) is 15.6 Å². The lowest BCUT2D eigenvalue weighted by molar-refractivity contribution is -0.252. The summed E-state index contributed by atoms with van der Waals surface area (Å²) in [5.74, 6) is 0. The lowest BCUT2D eigenvalue weighted by Gasteiger charge is -2.36. The van der Waals surface area contributed by atoms with E-state index >= 15 is 0 Å². The average molecular weight is 519 g/mol. The molecule has 1 aliphatic rings. The van der Waals surface area contributed by atoms with Crippen LogP contribution >= 0.6 is 23.2 Å². The maximum atomic E-state index is 11.7. The molecule has 0 radical (unpaired) electrons. The molecule has 10 heteroatoms. The smallest absolute Gasteiger partial charge is 0.315 e. The van der Waals surface area contributed by atoms with Crippen molar-refractivity contribution in [1.29, 1.82) is 0 Å². The molecule has 2 amide bonds. The van der Waals surface area contributed by atoms with Crippen LogP contribution in [-0.4, -0.2) is 33.3 Å². The molecule has 3 atom stereocenters. The normalized spacial score (nSPS) is 19.9. The Balaban J connectivity index is 1.51. The minimum Gasteiger partial charge on any atom is -0.392 e. The molecule has 2 aromatic carbocycles. The maximum Gasteiger partial charge on any atom is 0.315 e. The van der Waals surface area contributed by atoms with Crippen LogP contribution in [0.1, 0.15) is 48.0 Å². The molecule has 8 nitrogen and oxygen atoms in total. The van der Waals surface area contributed by atoms with E-state index in [0.717, 1.165) is 22.3 Å². The fourth-order valence-electron chi connectivity index (χ4n) is 3.92. The van der Waals surface area contributed by atoms with Gasteiger partial charge >= 0.3 is 6.03 Å². The molecule has 1 aliphatic heterocycles. The van der Waals surface area contributed by atoms with Crippen LogP contribution in [0.3, 0.4) is 0 Å². The van der Waals surface area contributed by atoms with E-state index in [-0.39, 0.29) is 30.0 Å². The number of imidazole rings is 1. The quantitative estimate of drug-likeness (QED) is 0.399. The van der Waals surface area contributed by atoms with E-state index in [1.165, 1.54) is 0 Å². The molecule has 2 heterocycles. The maximum absolute atomic E-state index is 11.7. The van der Waals surface area contributed by atoms with E-state index in [9.17, 15) is 9.90 Å². The summed E-state index contributed by atoms with van der Waals surface area (Å²) in [6.45, 7) is 3.32. The molecule has 0 saturated carbocycles. The molecule has 3 aromatic rings. The minimum atomic E-state index is -0.598. The second kappa shape index (κ2) is 11.9. The highest BCUT2D eigenvalue weighted by atomic mass is 35.5. The van der Waals surface area contributed by atoms with E-state index < -0.39 is 6.29 Å². The van der Waals surface area contributed by atoms with Crippen LogP contribution in [-0.2, 0) is 29.2 Å². The van der Waals surface area contributed by atoms with Gasteiger partial charge in [-0.15, -0.1) is 0 Å². The number of ether oxygens (including phenoxy) is 2. The van der Waals surface area contributed by atoms with E-state index in [1.54, 1.807) is 10.9 Å². The van der Waals surface area contributed by atoms with E-state index in [4.69, 9.17) is 32.7 Å². The number of amides is 2. The van der Waals surface area contributed by atoms with Gasteiger partial charge in [-0.05, 0) is 23.6 Å². The number of halogens is 2. The Morgan fingerprint density at radius 3 is 2.37 bits per heavy atom. The van der Waals surface area contributed by atoms with Gasteiger partial charge < -0.3 is 29.8 Å². The topological polar surface area (TPSA) is 97.6 Å². The fourth-order valence-corrected chi connectivity index (χ4v) is 4.23. The Bertz CT molecular complexity index is 1120. The predicted molar refractivity (Wildman–Crippen MR) is 133 cm³/mol. The Morgan fingerprint density at radius 1 is 1.06 bits per heavy atom. The highest BCUT2D eigenvalue weighted by Gasteiger charge is 2.32. The van der Waals surface area contributed by atoms with Gasteiger partial charge in [-0.25, -0.2) is 9.78 Å². The number of nitrogens with zero attached hydrogens (tertiary/aromatic N) is 2. The third-order valence-corrected chi connectivity index (χ3v) is 6.56. The lowest BCUT2D eigenvalue weighted by atomic mass is 10.00. The summed E-state index contributed by atoms with van der Waals surface area (Å²) in [6, 6.07) is 15.3. The molecule has 3 unspecified atom stereocenters. The van der Waals surface area contributed by atoms with Crippen molar-refractivity contribution in [2.75, 3.05) is 6.54 Å². The Morgan fingerprint density at radius 2 is 1.74 bits per heavy atom. The van der Waals surface area contributed by atoms with Gasteiger partial charge in [0, 0.05) is 25.1 Å². The van der Waals surface area contributed by atoms with Crippen molar-refractivity contribution in [3.63, 3.8) is 0 Å². The van der Waals surface area contributed by atoms with E-state index in [1.807, 2.05) is 55.5 Å². The number of rotatable bonds is 8. The average Bonchev–Trinajstić information content (AvgIpc) is 3.20. The number of aliphatic hydroxyl groups excluding tert-OH is 1. The molecule has 1 saturated heterocycles. The van der Waals surface area contributed by atoms with Gasteiger partial charge in [0.05, 0.1) is 31.7 Å². The molecule has 0 aliphatic carbocycles. The number of hydrogen-bond donors (Lipinski definition) is 3. The standard InChI is InChI=1S/C25H28Cl2N4O4/c1-2-28-25(33)29-12-16-3-9-19(10-4-16)24-34-20(13-31-15-30-22(26)23(31)27)11-21(35-24)18-7-5-17(14-32)6-8-18/h3-10,15,20-21,24,32H,2,11-14H2,1H3,(H2,28,29,33). The Labute approximate surface area is 214 Å². The van der Waals surface area contributed by atoms with Crippen molar-refractivity contribution in [3.05, 3.63) is 87.4 Å². The third-order valence-electron chi connectivity index (χ3n) is 5.79. The number of urea groups is 1. The number of benzene rings is 2. The van der Waals surface area contributed by atoms with Crippen LogP contribution in [0.4, 0.5) is 4.79 Å². The lowest BCUT2D eigenvalue weighted by Crippen LogP contribution is -2.34. The van der Waals surface area contributed by atoms with Crippen LogP contribution in [0.15, 0.2) is 54.9 Å². The molecular weight excluding hydrogens is 491 g/mol. The van der Waals surface area contributed by atoms with Crippen LogP contribution in [0, 0.1) is 0 Å². The SMILES string of the molecule is CCNC(=O)NCc1ccc(C2OC(Cn3cnc(Cl)c3Cl)CC(c3ccc(CO)cc3)O2)cc1. The highest BCUT2D eigenvalue weighted by molar-refractivity contribution is 6.40. The summed E-state index contributed by atoms with van der Waals surface area (Å²) in [4.78, 5) is 15.7. The molecule has 0 bridgehead atoms. The summed E-state index contributed by atoms with van der Waals surface area (Å²) in [6.07, 6.45) is 1.18. The van der Waals surface area contributed by atoms with Gasteiger partial charge in [0.25, 0.3) is 0 Å². The van der Waals surface area contributed by atoms with Crippen LogP contribution < -0.4 is 10.6 Å². The van der Waals surface area contributed by atoms with Gasteiger partial charge in [-0.2, -0.15) is 0 Å². The summed E-state index contributed by atoms with van der Waals surface area (Å²) in [5, 5.41) is 15.5. The summed E-state index contributed by atoms with van der Waals surface area (Å²) >= 11 is 12.3. The minimum absolute atomic E-state index is 0.0125. The zero-order valence-corrected chi connectivity index (χ0v) is 20.8. The summed E-state index contributed by atoms with van der Waals surface area (Å²) in [5.41, 5.74) is 3.66. The molecule has 3 N–H and O–H groups in total. The molecule has 0 spiro atoms. The summed E-state index contributed by atoms with van der Waals surface area (Å²) in [7, 11) is 0. The predicted octanol–water partition coefficient (Wildman–Crippen LogP) is 4.75. The van der Waals surface area contributed by atoms with Crippen LogP contribution in [0.5, 0.6) is 0 Å². The highest BCUT2D eigenvalue weighted by Crippen LogP contribution is 2.38. The zero-order valence-electron chi connectivity index (χ0n) is 19.3. The number of nitrogens with one attached hydrogen (secondary N) is 2. The molecule has 35 heavy (non-hydrogen) atoms. The molecule has 4 rings (SSSR count). The molecule has 186 valence electrons. The Hall–Kier alpha value is -2.62. The monoisotopic (exact) mass is 518 g/mol. The van der Waals surface area contributed by atoms with Crippen LogP contribution in [0.25, 0.3) is 0 Å².